The van der Waals surface area contributed by atoms with Crippen LogP contribution in [-0.4, -0.2) is 56.3 Å². The van der Waals surface area contributed by atoms with Crippen LogP contribution in [0.4, 0.5) is 5.69 Å². The van der Waals surface area contributed by atoms with Crippen molar-refractivity contribution in [2.24, 2.45) is 4.99 Å². The summed E-state index contributed by atoms with van der Waals surface area (Å²) >= 11 is 0. The Morgan fingerprint density at radius 1 is 1.12 bits per heavy atom. The van der Waals surface area contributed by atoms with Crippen molar-refractivity contribution < 1.29 is 9.47 Å². The molecule has 0 unspecified atom stereocenters. The number of fused-ring (bicyclic) bond motifs is 1. The second kappa shape index (κ2) is 9.51. The summed E-state index contributed by atoms with van der Waals surface area (Å²) in [5, 5.41) is 6.69. The van der Waals surface area contributed by atoms with Gasteiger partial charge in [0.15, 0.2) is 17.5 Å². The fourth-order valence-corrected chi connectivity index (χ4v) is 2.97. The summed E-state index contributed by atoms with van der Waals surface area (Å²) in [6, 6.07) is 6.93. The van der Waals surface area contributed by atoms with Gasteiger partial charge in [-0.1, -0.05) is 0 Å². The molecule has 140 valence electrons. The first kappa shape index (κ1) is 19.4. The summed E-state index contributed by atoms with van der Waals surface area (Å²) in [5.74, 6) is 2.33. The van der Waals surface area contributed by atoms with Crippen LogP contribution >= 0.6 is 0 Å². The van der Waals surface area contributed by atoms with Gasteiger partial charge in [0.1, 0.15) is 0 Å². The molecule has 1 aromatic carbocycles. The van der Waals surface area contributed by atoms with Crippen LogP contribution in [-0.2, 0) is 0 Å². The summed E-state index contributed by atoms with van der Waals surface area (Å²) in [5.41, 5.74) is 0.932. The monoisotopic (exact) mass is 348 g/mol. The molecule has 0 fully saturated rings. The topological polar surface area (TPSA) is 58.1 Å². The third kappa shape index (κ3) is 5.81. The Morgan fingerprint density at radius 3 is 2.44 bits per heavy atom. The molecule has 0 amide bonds. The minimum Gasteiger partial charge on any atom is -0.490 e. The van der Waals surface area contributed by atoms with E-state index in [9.17, 15) is 0 Å². The van der Waals surface area contributed by atoms with Gasteiger partial charge in [-0.2, -0.15) is 0 Å². The lowest BCUT2D eigenvalue weighted by Crippen LogP contribution is -2.43. The second-order valence-electron chi connectivity index (χ2n) is 6.76. The number of benzene rings is 1. The van der Waals surface area contributed by atoms with Crippen LogP contribution in [0.5, 0.6) is 11.5 Å². The Kier molecular flexibility index (Phi) is 7.37. The van der Waals surface area contributed by atoms with Gasteiger partial charge in [0.25, 0.3) is 0 Å². The standard InChI is InChI=1S/C19H32N4O2/c1-14(2)23(15(3)4)10-9-21-19(20-5)22-16-7-8-17-18(13-16)25-12-6-11-24-17/h7-8,13-15H,6,9-12H2,1-5H3,(H2,20,21,22). The molecule has 0 radical (unpaired) electrons. The lowest BCUT2D eigenvalue weighted by atomic mass is 10.2. The molecule has 6 heteroatoms. The van der Waals surface area contributed by atoms with Crippen LogP contribution < -0.4 is 20.1 Å². The average Bonchev–Trinajstić information content (AvgIpc) is 2.81. The van der Waals surface area contributed by atoms with E-state index >= 15 is 0 Å². The smallest absolute Gasteiger partial charge is 0.195 e. The molecule has 1 aliphatic heterocycles. The molecule has 1 aromatic rings. The van der Waals surface area contributed by atoms with Crippen molar-refractivity contribution >= 4 is 11.6 Å². The van der Waals surface area contributed by atoms with E-state index < -0.39 is 0 Å². The molecule has 0 aromatic heterocycles. The molecule has 25 heavy (non-hydrogen) atoms. The Labute approximate surface area is 151 Å². The van der Waals surface area contributed by atoms with E-state index in [4.69, 9.17) is 9.47 Å². The lowest BCUT2D eigenvalue weighted by molar-refractivity contribution is 0.178. The molecular weight excluding hydrogens is 316 g/mol. The van der Waals surface area contributed by atoms with Crippen molar-refractivity contribution in [3.63, 3.8) is 0 Å². The third-order valence-electron chi connectivity index (χ3n) is 4.22. The zero-order chi connectivity index (χ0) is 18.2. The summed E-state index contributed by atoms with van der Waals surface area (Å²) in [6.45, 7) is 12.1. The van der Waals surface area contributed by atoms with Crippen LogP contribution in [0.2, 0.25) is 0 Å². The number of nitrogens with zero attached hydrogens (tertiary/aromatic N) is 2. The molecular formula is C19H32N4O2. The predicted molar refractivity (Wildman–Crippen MR) is 104 cm³/mol. The molecule has 6 nitrogen and oxygen atoms in total. The van der Waals surface area contributed by atoms with Gasteiger partial charge in [0.05, 0.1) is 13.2 Å². The van der Waals surface area contributed by atoms with Crippen molar-refractivity contribution in [2.75, 3.05) is 38.7 Å². The summed E-state index contributed by atoms with van der Waals surface area (Å²) in [6.07, 6.45) is 0.906. The van der Waals surface area contributed by atoms with Crippen molar-refractivity contribution in [2.45, 2.75) is 46.2 Å². The number of hydrogen-bond donors (Lipinski definition) is 2. The largest absolute Gasteiger partial charge is 0.490 e. The van der Waals surface area contributed by atoms with Crippen LogP contribution in [0.1, 0.15) is 34.1 Å². The van der Waals surface area contributed by atoms with Crippen LogP contribution in [0.3, 0.4) is 0 Å². The van der Waals surface area contributed by atoms with Crippen molar-refractivity contribution in [3.05, 3.63) is 18.2 Å². The van der Waals surface area contributed by atoms with E-state index in [0.29, 0.717) is 25.3 Å². The molecule has 1 aliphatic rings. The number of nitrogens with one attached hydrogen (secondary N) is 2. The van der Waals surface area contributed by atoms with E-state index in [1.54, 1.807) is 7.05 Å². The molecule has 2 rings (SSSR count). The SMILES string of the molecule is CN=C(NCCN(C(C)C)C(C)C)Nc1ccc2c(c1)OCCCO2. The maximum Gasteiger partial charge on any atom is 0.195 e. The first-order valence-corrected chi connectivity index (χ1v) is 9.14. The molecule has 0 saturated carbocycles. The van der Waals surface area contributed by atoms with Gasteiger partial charge in [-0.15, -0.1) is 0 Å². The van der Waals surface area contributed by atoms with Gasteiger partial charge < -0.3 is 20.1 Å². The summed E-state index contributed by atoms with van der Waals surface area (Å²) in [4.78, 5) is 6.76. The molecule has 1 heterocycles. The predicted octanol–water partition coefficient (Wildman–Crippen LogP) is 2.95. The minimum atomic E-state index is 0.526. The normalized spacial score (nSPS) is 14.8. The van der Waals surface area contributed by atoms with E-state index in [0.717, 1.165) is 42.7 Å². The van der Waals surface area contributed by atoms with Crippen molar-refractivity contribution in [3.8, 4) is 11.5 Å². The van der Waals surface area contributed by atoms with Gasteiger partial charge >= 0.3 is 0 Å². The zero-order valence-electron chi connectivity index (χ0n) is 16.1. The number of anilines is 1. The van der Waals surface area contributed by atoms with E-state index in [1.165, 1.54) is 0 Å². The second-order valence-corrected chi connectivity index (χ2v) is 6.76. The fourth-order valence-electron chi connectivity index (χ4n) is 2.97. The maximum absolute atomic E-state index is 5.74. The highest BCUT2D eigenvalue weighted by Gasteiger charge is 2.14. The molecule has 0 spiro atoms. The van der Waals surface area contributed by atoms with E-state index in [2.05, 4.69) is 48.2 Å². The summed E-state index contributed by atoms with van der Waals surface area (Å²) in [7, 11) is 1.78. The van der Waals surface area contributed by atoms with Crippen LogP contribution in [0, 0.1) is 0 Å². The van der Waals surface area contributed by atoms with Crippen LogP contribution in [0.15, 0.2) is 23.2 Å². The first-order valence-electron chi connectivity index (χ1n) is 9.14. The highest BCUT2D eigenvalue weighted by atomic mass is 16.5. The molecule has 0 saturated heterocycles. The molecule has 0 aliphatic carbocycles. The minimum absolute atomic E-state index is 0.526. The van der Waals surface area contributed by atoms with Gasteiger partial charge in [-0.3, -0.25) is 9.89 Å². The van der Waals surface area contributed by atoms with Gasteiger partial charge in [0, 0.05) is 50.4 Å². The van der Waals surface area contributed by atoms with Crippen molar-refractivity contribution in [1.29, 1.82) is 0 Å². The van der Waals surface area contributed by atoms with Gasteiger partial charge in [0.2, 0.25) is 0 Å². The Hall–Kier alpha value is -1.95. The van der Waals surface area contributed by atoms with Crippen molar-refractivity contribution in [1.82, 2.24) is 10.2 Å². The Morgan fingerprint density at radius 2 is 1.80 bits per heavy atom. The zero-order valence-corrected chi connectivity index (χ0v) is 16.1. The number of guanidine groups is 1. The Balaban J connectivity index is 1.91. The van der Waals surface area contributed by atoms with Gasteiger partial charge in [-0.25, -0.2) is 0 Å². The average molecular weight is 348 g/mol. The molecule has 2 N–H and O–H groups in total. The number of rotatable bonds is 6. The number of ether oxygens (including phenoxy) is 2. The summed E-state index contributed by atoms with van der Waals surface area (Å²) < 4.78 is 11.4. The van der Waals surface area contributed by atoms with Gasteiger partial charge in [-0.05, 0) is 39.8 Å². The molecule has 0 atom stereocenters. The lowest BCUT2D eigenvalue weighted by Gasteiger charge is -2.30. The maximum atomic E-state index is 5.74. The highest BCUT2D eigenvalue weighted by Crippen LogP contribution is 2.32. The van der Waals surface area contributed by atoms with E-state index in [-0.39, 0.29) is 0 Å². The number of aliphatic imine (C=N–C) groups is 1. The third-order valence-corrected chi connectivity index (χ3v) is 4.22. The molecule has 0 bridgehead atoms. The highest BCUT2D eigenvalue weighted by molar-refractivity contribution is 5.93. The first-order chi connectivity index (χ1) is 12.0. The van der Waals surface area contributed by atoms with E-state index in [1.807, 2.05) is 18.2 Å². The quantitative estimate of drug-likeness (QED) is 0.611. The fraction of sp³-hybridized carbons (Fsp3) is 0.632. The van der Waals surface area contributed by atoms with Crippen LogP contribution in [0.25, 0.3) is 0 Å². The number of hydrogen-bond acceptors (Lipinski definition) is 4. The Bertz CT molecular complexity index is 565.